The van der Waals surface area contributed by atoms with Gasteiger partial charge in [-0.25, -0.2) is 0 Å². The fraction of sp³-hybridized carbons (Fsp3) is 0.423. The van der Waals surface area contributed by atoms with Crippen molar-refractivity contribution in [2.45, 2.75) is 51.5 Å². The van der Waals surface area contributed by atoms with Gasteiger partial charge in [0, 0.05) is 30.6 Å². The van der Waals surface area contributed by atoms with E-state index in [4.69, 9.17) is 9.47 Å². The molecule has 8 heteroatoms. The number of ether oxygens (including phenoxy) is 2. The largest absolute Gasteiger partial charge is 0.489 e. The molecular formula is C26H29N3O5. The maximum Gasteiger partial charge on any atom is 0.255 e. The van der Waals surface area contributed by atoms with Crippen molar-refractivity contribution in [3.05, 3.63) is 64.7 Å². The van der Waals surface area contributed by atoms with Crippen LogP contribution in [0.15, 0.2) is 42.5 Å². The van der Waals surface area contributed by atoms with Gasteiger partial charge in [0.15, 0.2) is 0 Å². The maximum absolute atomic E-state index is 12.9. The van der Waals surface area contributed by atoms with E-state index in [1.165, 1.54) is 17.7 Å². The zero-order chi connectivity index (χ0) is 23.5. The Bertz CT molecular complexity index is 1080. The summed E-state index contributed by atoms with van der Waals surface area (Å²) in [6.07, 6.45) is 3.09. The van der Waals surface area contributed by atoms with Crippen LogP contribution in [0.25, 0.3) is 0 Å². The van der Waals surface area contributed by atoms with Gasteiger partial charge in [0.05, 0.1) is 19.9 Å². The van der Waals surface area contributed by atoms with Crippen LogP contribution in [-0.2, 0) is 34.1 Å². The van der Waals surface area contributed by atoms with Crippen LogP contribution in [-0.4, -0.2) is 53.4 Å². The van der Waals surface area contributed by atoms with E-state index in [2.05, 4.69) is 10.2 Å². The summed E-state index contributed by atoms with van der Waals surface area (Å²) in [4.78, 5) is 40.6. The summed E-state index contributed by atoms with van der Waals surface area (Å²) in [6, 6.07) is 12.9. The Balaban J connectivity index is 1.18. The van der Waals surface area contributed by atoms with E-state index < -0.39 is 11.9 Å². The van der Waals surface area contributed by atoms with Crippen molar-refractivity contribution in [3.63, 3.8) is 0 Å². The number of hydrogen-bond donors (Lipinski definition) is 1. The highest BCUT2D eigenvalue weighted by atomic mass is 16.5. The number of amides is 3. The number of hydrogen-bond acceptors (Lipinski definition) is 6. The van der Waals surface area contributed by atoms with Crippen molar-refractivity contribution in [3.8, 4) is 5.75 Å². The van der Waals surface area contributed by atoms with Crippen molar-refractivity contribution >= 4 is 17.7 Å². The van der Waals surface area contributed by atoms with E-state index in [1.807, 2.05) is 30.3 Å². The quantitative estimate of drug-likeness (QED) is 0.606. The lowest BCUT2D eigenvalue weighted by Gasteiger charge is -2.29. The van der Waals surface area contributed by atoms with Gasteiger partial charge in [0.2, 0.25) is 11.8 Å². The molecule has 0 aromatic heterocycles. The number of nitrogens with one attached hydrogen (secondary N) is 1. The van der Waals surface area contributed by atoms with Crippen LogP contribution < -0.4 is 10.1 Å². The van der Waals surface area contributed by atoms with Gasteiger partial charge >= 0.3 is 0 Å². The molecule has 34 heavy (non-hydrogen) atoms. The Morgan fingerprint density at radius 1 is 0.941 bits per heavy atom. The highest BCUT2D eigenvalue weighted by molar-refractivity contribution is 6.05. The minimum Gasteiger partial charge on any atom is -0.489 e. The summed E-state index contributed by atoms with van der Waals surface area (Å²) < 4.78 is 11.9. The van der Waals surface area contributed by atoms with Gasteiger partial charge in [-0.1, -0.05) is 30.3 Å². The molecule has 1 atom stereocenters. The van der Waals surface area contributed by atoms with Crippen LogP contribution in [0.2, 0.25) is 0 Å². The summed E-state index contributed by atoms with van der Waals surface area (Å²) in [5.74, 6) is -0.269. The van der Waals surface area contributed by atoms with Crippen molar-refractivity contribution in [2.24, 2.45) is 0 Å². The topological polar surface area (TPSA) is 88.2 Å². The van der Waals surface area contributed by atoms with Gasteiger partial charge in [0.1, 0.15) is 18.4 Å². The van der Waals surface area contributed by atoms with Crippen molar-refractivity contribution < 1.29 is 23.9 Å². The molecular weight excluding hydrogens is 434 g/mol. The van der Waals surface area contributed by atoms with Gasteiger partial charge in [0.25, 0.3) is 5.91 Å². The maximum atomic E-state index is 12.9. The van der Waals surface area contributed by atoms with Crippen molar-refractivity contribution in [2.75, 3.05) is 19.8 Å². The number of fused-ring (bicyclic) bond motifs is 1. The number of rotatable bonds is 8. The first-order valence-corrected chi connectivity index (χ1v) is 11.9. The molecule has 0 bridgehead atoms. The number of carbonyl (C=O) groups excluding carboxylic acids is 3. The first-order chi connectivity index (χ1) is 16.6. The summed E-state index contributed by atoms with van der Waals surface area (Å²) in [6.45, 7) is 4.18. The molecule has 2 aromatic carbocycles. The standard InChI is InChI=1S/C26H29N3O5/c30-24-11-10-22(25(31)27-24)29-14-21-20(26(29)32)4-3-5-23(21)34-16-19-8-6-18(7-9-19)15-33-17-28-12-1-2-13-28/h3-9,22H,1-2,10-17H2,(H,27,30,31). The number of nitrogens with zero attached hydrogens (tertiary/aromatic N) is 2. The molecule has 0 radical (unpaired) electrons. The average Bonchev–Trinajstić information content (AvgIpc) is 3.47. The lowest BCUT2D eigenvalue weighted by atomic mass is 10.0. The first kappa shape index (κ1) is 22.6. The number of imide groups is 1. The summed E-state index contributed by atoms with van der Waals surface area (Å²) in [5.41, 5.74) is 3.47. The molecule has 0 aliphatic carbocycles. The molecule has 2 saturated heterocycles. The number of piperidine rings is 1. The third-order valence-electron chi connectivity index (χ3n) is 6.70. The summed E-state index contributed by atoms with van der Waals surface area (Å²) in [7, 11) is 0. The third-order valence-corrected chi connectivity index (χ3v) is 6.70. The van der Waals surface area contributed by atoms with Crippen LogP contribution in [0.4, 0.5) is 0 Å². The Labute approximate surface area is 198 Å². The number of benzene rings is 2. The highest BCUT2D eigenvalue weighted by Crippen LogP contribution is 2.34. The van der Waals surface area contributed by atoms with Gasteiger partial charge in [-0.2, -0.15) is 0 Å². The molecule has 0 spiro atoms. The van der Waals surface area contributed by atoms with E-state index >= 15 is 0 Å². The van der Waals surface area contributed by atoms with Gasteiger partial charge in [-0.05, 0) is 42.5 Å². The second-order valence-corrected chi connectivity index (χ2v) is 9.09. The molecule has 2 aromatic rings. The first-order valence-electron chi connectivity index (χ1n) is 11.9. The summed E-state index contributed by atoms with van der Waals surface area (Å²) in [5, 5.41) is 2.33. The molecule has 3 aliphatic rings. The minimum absolute atomic E-state index is 0.201. The Morgan fingerprint density at radius 2 is 1.68 bits per heavy atom. The van der Waals surface area contributed by atoms with E-state index in [9.17, 15) is 14.4 Å². The highest BCUT2D eigenvalue weighted by Gasteiger charge is 2.40. The lowest BCUT2D eigenvalue weighted by molar-refractivity contribution is -0.136. The molecule has 8 nitrogen and oxygen atoms in total. The van der Waals surface area contributed by atoms with Gasteiger partial charge in [-0.3, -0.25) is 24.6 Å². The van der Waals surface area contributed by atoms with Gasteiger partial charge < -0.3 is 14.4 Å². The number of carbonyl (C=O) groups is 3. The predicted molar refractivity (Wildman–Crippen MR) is 124 cm³/mol. The second-order valence-electron chi connectivity index (χ2n) is 9.09. The molecule has 3 amide bonds. The smallest absolute Gasteiger partial charge is 0.255 e. The fourth-order valence-corrected chi connectivity index (χ4v) is 4.79. The molecule has 1 N–H and O–H groups in total. The molecule has 2 fully saturated rings. The van der Waals surface area contributed by atoms with Crippen LogP contribution in [0.3, 0.4) is 0 Å². The monoisotopic (exact) mass is 463 g/mol. The average molecular weight is 464 g/mol. The normalized spacial score (nSPS) is 20.5. The fourth-order valence-electron chi connectivity index (χ4n) is 4.79. The van der Waals surface area contributed by atoms with E-state index in [-0.39, 0.29) is 18.2 Å². The van der Waals surface area contributed by atoms with Crippen LogP contribution in [0.1, 0.15) is 52.7 Å². The Kier molecular flexibility index (Phi) is 6.60. The van der Waals surface area contributed by atoms with E-state index in [0.29, 0.717) is 44.2 Å². The summed E-state index contributed by atoms with van der Waals surface area (Å²) >= 11 is 0. The Hall–Kier alpha value is -3.23. The molecule has 5 rings (SSSR count). The van der Waals surface area contributed by atoms with E-state index in [0.717, 1.165) is 29.8 Å². The molecule has 3 heterocycles. The Morgan fingerprint density at radius 3 is 2.41 bits per heavy atom. The lowest BCUT2D eigenvalue weighted by Crippen LogP contribution is -2.52. The van der Waals surface area contributed by atoms with Gasteiger partial charge in [-0.15, -0.1) is 0 Å². The van der Waals surface area contributed by atoms with E-state index in [1.54, 1.807) is 12.1 Å². The van der Waals surface area contributed by atoms with Crippen LogP contribution in [0, 0.1) is 0 Å². The van der Waals surface area contributed by atoms with Crippen LogP contribution >= 0.6 is 0 Å². The SMILES string of the molecule is O=C1CCC(N2Cc3c(OCc4ccc(COCN5CCCC5)cc4)cccc3C2=O)C(=O)N1. The zero-order valence-electron chi connectivity index (χ0n) is 19.1. The molecule has 3 aliphatic heterocycles. The van der Waals surface area contributed by atoms with Crippen molar-refractivity contribution in [1.82, 2.24) is 15.1 Å². The second kappa shape index (κ2) is 9.95. The van der Waals surface area contributed by atoms with Crippen LogP contribution in [0.5, 0.6) is 5.75 Å². The zero-order valence-corrected chi connectivity index (χ0v) is 19.1. The molecule has 178 valence electrons. The molecule has 1 unspecified atom stereocenters. The molecule has 0 saturated carbocycles. The predicted octanol–water partition coefficient (Wildman–Crippen LogP) is 2.60. The third kappa shape index (κ3) is 4.83. The number of likely N-dealkylation sites (tertiary alicyclic amines) is 1. The minimum atomic E-state index is -0.634. The van der Waals surface area contributed by atoms with Crippen molar-refractivity contribution in [1.29, 1.82) is 0 Å².